The van der Waals surface area contributed by atoms with Crippen LogP contribution in [0.15, 0.2) is 24.3 Å². The van der Waals surface area contributed by atoms with Crippen molar-refractivity contribution in [3.05, 3.63) is 29.8 Å². The Balaban J connectivity index is 1.59. The minimum Gasteiger partial charge on any atom is -0.494 e. The zero-order chi connectivity index (χ0) is 19.1. The van der Waals surface area contributed by atoms with Crippen LogP contribution >= 0.6 is 0 Å². The minimum absolute atomic E-state index is 0.156. The number of amides is 1. The van der Waals surface area contributed by atoms with Crippen molar-refractivity contribution in [3.8, 4) is 11.8 Å². The van der Waals surface area contributed by atoms with E-state index in [-0.39, 0.29) is 11.8 Å². The maximum absolute atomic E-state index is 12.2. The van der Waals surface area contributed by atoms with Crippen molar-refractivity contribution in [3.63, 3.8) is 0 Å². The molecule has 3 rings (SSSR count). The van der Waals surface area contributed by atoms with Crippen LogP contribution in [-0.4, -0.2) is 25.6 Å². The fraction of sp³-hybridized carbons (Fsp3) is 0.476. The van der Waals surface area contributed by atoms with Crippen molar-refractivity contribution in [1.29, 1.82) is 5.26 Å². The summed E-state index contributed by atoms with van der Waals surface area (Å²) >= 11 is 0. The summed E-state index contributed by atoms with van der Waals surface area (Å²) in [4.78, 5) is 15.4. The Kier molecular flexibility index (Phi) is 6.48. The van der Waals surface area contributed by atoms with E-state index in [0.717, 1.165) is 42.3 Å². The molecule has 1 aliphatic carbocycles. The molecule has 1 amide bonds. The number of benzene rings is 1. The number of aromatic nitrogens is 1. The number of pyridine rings is 1. The summed E-state index contributed by atoms with van der Waals surface area (Å²) in [6.45, 7) is 3.64. The van der Waals surface area contributed by atoms with Crippen molar-refractivity contribution in [2.45, 2.75) is 39.0 Å². The predicted molar refractivity (Wildman–Crippen MR) is 104 cm³/mol. The SMILES string of the molecule is CCOc1ccc2[nH+]c(NCCNC(=O)C3CCCCC3)c(C#N)cc2c1. The minimum atomic E-state index is 0.156. The number of hydrogen-bond acceptors (Lipinski definition) is 4. The highest BCUT2D eigenvalue weighted by Crippen LogP contribution is 2.23. The second-order valence-electron chi connectivity index (χ2n) is 6.90. The molecule has 0 radical (unpaired) electrons. The number of carbonyl (C=O) groups excluding carboxylic acids is 1. The second kappa shape index (κ2) is 9.22. The molecule has 0 bridgehead atoms. The van der Waals surface area contributed by atoms with E-state index in [1.807, 2.05) is 31.2 Å². The molecule has 2 aromatic rings. The van der Waals surface area contributed by atoms with E-state index < -0.39 is 0 Å². The Morgan fingerprint density at radius 2 is 2.07 bits per heavy atom. The topological polar surface area (TPSA) is 88.3 Å². The number of H-pyrrole nitrogens is 1. The molecule has 1 aromatic carbocycles. The Bertz CT molecular complexity index is 838. The first kappa shape index (κ1) is 19.0. The van der Waals surface area contributed by atoms with Crippen molar-refractivity contribution in [1.82, 2.24) is 5.32 Å². The predicted octanol–water partition coefficient (Wildman–Crippen LogP) is 3.03. The number of nitrogens with zero attached hydrogens (tertiary/aromatic N) is 1. The van der Waals surface area contributed by atoms with Gasteiger partial charge in [-0.3, -0.25) is 10.1 Å². The maximum Gasteiger partial charge on any atom is 0.290 e. The zero-order valence-electron chi connectivity index (χ0n) is 15.8. The fourth-order valence-electron chi connectivity index (χ4n) is 3.57. The first-order chi connectivity index (χ1) is 13.2. The van der Waals surface area contributed by atoms with Crippen molar-refractivity contribution in [2.24, 2.45) is 5.92 Å². The van der Waals surface area contributed by atoms with Crippen LogP contribution in [0.25, 0.3) is 10.9 Å². The van der Waals surface area contributed by atoms with Crippen molar-refractivity contribution < 1.29 is 14.5 Å². The summed E-state index contributed by atoms with van der Waals surface area (Å²) in [5.41, 5.74) is 1.46. The highest BCUT2D eigenvalue weighted by Gasteiger charge is 2.20. The van der Waals surface area contributed by atoms with Gasteiger partial charge in [-0.2, -0.15) is 5.26 Å². The van der Waals surface area contributed by atoms with E-state index >= 15 is 0 Å². The van der Waals surface area contributed by atoms with Crippen LogP contribution in [0.5, 0.6) is 5.75 Å². The van der Waals surface area contributed by atoms with Gasteiger partial charge in [0.25, 0.3) is 5.82 Å². The average Bonchev–Trinajstić information content (AvgIpc) is 2.71. The molecular weight excluding hydrogens is 340 g/mol. The molecule has 0 spiro atoms. The van der Waals surface area contributed by atoms with Crippen LogP contribution in [0.1, 0.15) is 44.6 Å². The molecule has 6 nitrogen and oxygen atoms in total. The van der Waals surface area contributed by atoms with Gasteiger partial charge >= 0.3 is 0 Å². The monoisotopic (exact) mass is 367 g/mol. The van der Waals surface area contributed by atoms with E-state index in [1.165, 1.54) is 6.42 Å². The lowest BCUT2D eigenvalue weighted by Gasteiger charge is -2.20. The second-order valence-corrected chi connectivity index (χ2v) is 6.90. The number of hydrogen-bond donors (Lipinski definition) is 2. The van der Waals surface area contributed by atoms with E-state index in [0.29, 0.717) is 31.1 Å². The largest absolute Gasteiger partial charge is 0.494 e. The number of ether oxygens (including phenoxy) is 1. The molecule has 1 aliphatic rings. The number of fused-ring (bicyclic) bond motifs is 1. The third-order valence-electron chi connectivity index (χ3n) is 4.99. The molecule has 1 aromatic heterocycles. The molecule has 1 fully saturated rings. The van der Waals surface area contributed by atoms with Crippen LogP contribution in [-0.2, 0) is 4.79 Å². The number of anilines is 1. The number of nitriles is 1. The Hall–Kier alpha value is -2.81. The number of carbonyl (C=O) groups is 1. The Morgan fingerprint density at radius 1 is 1.26 bits per heavy atom. The van der Waals surface area contributed by atoms with Gasteiger partial charge in [-0.15, -0.1) is 0 Å². The molecule has 142 valence electrons. The third-order valence-corrected chi connectivity index (χ3v) is 4.99. The van der Waals surface area contributed by atoms with E-state index in [1.54, 1.807) is 0 Å². The molecule has 1 saturated carbocycles. The normalized spacial score (nSPS) is 14.5. The third kappa shape index (κ3) is 4.88. The number of aromatic amines is 1. The van der Waals surface area contributed by atoms with Gasteiger partial charge in [0.15, 0.2) is 0 Å². The quantitative estimate of drug-likeness (QED) is 0.736. The summed E-state index contributed by atoms with van der Waals surface area (Å²) in [5.74, 6) is 1.78. The standard InChI is InChI=1S/C21H26N4O2/c1-2-27-18-8-9-19-16(13-18)12-17(14-22)20(25-19)23-10-11-24-21(26)15-6-4-3-5-7-15/h8-9,12-13,15H,2-7,10-11H2,1H3,(H,23,25)(H,24,26)/p+1. The van der Waals surface area contributed by atoms with E-state index in [9.17, 15) is 10.1 Å². The highest BCUT2D eigenvalue weighted by atomic mass is 16.5. The lowest BCUT2D eigenvalue weighted by molar-refractivity contribution is -0.327. The zero-order valence-corrected chi connectivity index (χ0v) is 15.8. The molecule has 6 heteroatoms. The fourth-order valence-corrected chi connectivity index (χ4v) is 3.57. The van der Waals surface area contributed by atoms with Gasteiger partial charge in [0.1, 0.15) is 29.4 Å². The summed E-state index contributed by atoms with van der Waals surface area (Å²) in [6, 6.07) is 9.83. The summed E-state index contributed by atoms with van der Waals surface area (Å²) < 4.78 is 5.52. The Labute approximate surface area is 159 Å². The molecule has 0 atom stereocenters. The molecule has 3 N–H and O–H groups in total. The summed E-state index contributed by atoms with van der Waals surface area (Å²) in [6.07, 6.45) is 5.55. The summed E-state index contributed by atoms with van der Waals surface area (Å²) in [7, 11) is 0. The average molecular weight is 367 g/mol. The lowest BCUT2D eigenvalue weighted by atomic mass is 9.89. The van der Waals surface area contributed by atoms with Crippen LogP contribution in [0.4, 0.5) is 5.82 Å². The molecular formula is C21H27N4O2+. The van der Waals surface area contributed by atoms with Crippen LogP contribution in [0, 0.1) is 17.2 Å². The van der Waals surface area contributed by atoms with E-state index in [4.69, 9.17) is 4.74 Å². The van der Waals surface area contributed by atoms with Gasteiger partial charge in [-0.1, -0.05) is 19.3 Å². The van der Waals surface area contributed by atoms with Crippen LogP contribution in [0.3, 0.4) is 0 Å². The van der Waals surface area contributed by atoms with Gasteiger partial charge in [-0.25, -0.2) is 4.98 Å². The number of rotatable bonds is 7. The van der Waals surface area contributed by atoms with Gasteiger partial charge in [0, 0.05) is 11.3 Å². The van der Waals surface area contributed by atoms with Gasteiger partial charge in [0.05, 0.1) is 13.2 Å². The molecule has 0 saturated heterocycles. The maximum atomic E-state index is 12.2. The van der Waals surface area contributed by atoms with Gasteiger partial charge in [0.2, 0.25) is 5.91 Å². The van der Waals surface area contributed by atoms with Gasteiger partial charge < -0.3 is 10.1 Å². The first-order valence-electron chi connectivity index (χ1n) is 9.76. The van der Waals surface area contributed by atoms with Gasteiger partial charge in [-0.05, 0) is 44.0 Å². The Morgan fingerprint density at radius 3 is 2.81 bits per heavy atom. The van der Waals surface area contributed by atoms with Crippen LogP contribution in [0.2, 0.25) is 0 Å². The molecule has 0 aliphatic heterocycles. The van der Waals surface area contributed by atoms with Crippen LogP contribution < -0.4 is 20.4 Å². The first-order valence-corrected chi connectivity index (χ1v) is 9.76. The smallest absolute Gasteiger partial charge is 0.290 e. The molecule has 27 heavy (non-hydrogen) atoms. The highest BCUT2D eigenvalue weighted by molar-refractivity contribution is 5.80. The lowest BCUT2D eigenvalue weighted by Crippen LogP contribution is -2.35. The summed E-state index contributed by atoms with van der Waals surface area (Å²) in [5, 5.41) is 16.6. The molecule has 0 unspecified atom stereocenters. The number of nitrogens with one attached hydrogen (secondary N) is 3. The van der Waals surface area contributed by atoms with Crippen molar-refractivity contribution in [2.75, 3.05) is 25.0 Å². The van der Waals surface area contributed by atoms with E-state index in [2.05, 4.69) is 21.7 Å². The molecule has 1 heterocycles. The van der Waals surface area contributed by atoms with Crippen molar-refractivity contribution >= 4 is 22.6 Å².